The van der Waals surface area contributed by atoms with Crippen LogP contribution in [-0.4, -0.2) is 15.0 Å². The molecule has 0 spiro atoms. The van der Waals surface area contributed by atoms with E-state index in [9.17, 15) is 0 Å². The lowest BCUT2D eigenvalue weighted by Crippen LogP contribution is -2.09. The van der Waals surface area contributed by atoms with Crippen molar-refractivity contribution >= 4 is 28.8 Å². The van der Waals surface area contributed by atoms with E-state index in [4.69, 9.17) is 11.6 Å². The van der Waals surface area contributed by atoms with E-state index in [-0.39, 0.29) is 6.04 Å². The van der Waals surface area contributed by atoms with Gasteiger partial charge in [0.1, 0.15) is 22.3 Å². The smallest absolute Gasteiger partial charge is 0.137 e. The fourth-order valence-electron chi connectivity index (χ4n) is 1.29. The zero-order valence-corrected chi connectivity index (χ0v) is 10.5. The molecule has 2 rings (SSSR count). The minimum atomic E-state index is 0.115. The van der Waals surface area contributed by atoms with Crippen LogP contribution in [0.5, 0.6) is 0 Å². The molecular weight excluding hydrogens is 244 g/mol. The van der Waals surface area contributed by atoms with Gasteiger partial charge >= 0.3 is 0 Å². The largest absolute Gasteiger partial charge is 0.361 e. The zero-order valence-electron chi connectivity index (χ0n) is 8.94. The number of halogens is 1. The highest BCUT2D eigenvalue weighted by atomic mass is 35.5. The van der Waals surface area contributed by atoms with Crippen LogP contribution in [0.4, 0.5) is 5.82 Å². The highest BCUT2D eigenvalue weighted by Crippen LogP contribution is 2.23. The first-order valence-electron chi connectivity index (χ1n) is 4.81. The predicted molar refractivity (Wildman–Crippen MR) is 65.9 cm³/mol. The fourth-order valence-corrected chi connectivity index (χ4v) is 2.07. The highest BCUT2D eigenvalue weighted by molar-refractivity contribution is 7.09. The van der Waals surface area contributed by atoms with Crippen molar-refractivity contribution in [2.24, 2.45) is 0 Å². The van der Waals surface area contributed by atoms with Crippen molar-refractivity contribution in [2.45, 2.75) is 19.9 Å². The van der Waals surface area contributed by atoms with E-state index in [0.29, 0.717) is 5.15 Å². The second-order valence-electron chi connectivity index (χ2n) is 3.37. The summed E-state index contributed by atoms with van der Waals surface area (Å²) in [5, 5.41) is 6.72. The Hall–Kier alpha value is -1.20. The average molecular weight is 255 g/mol. The molecule has 0 amide bonds. The molecule has 0 saturated heterocycles. The van der Waals surface area contributed by atoms with Gasteiger partial charge < -0.3 is 5.32 Å². The van der Waals surface area contributed by atoms with Crippen LogP contribution in [-0.2, 0) is 0 Å². The molecule has 1 unspecified atom stereocenters. The van der Waals surface area contributed by atoms with Crippen LogP contribution >= 0.6 is 22.9 Å². The number of nitrogens with one attached hydrogen (secondary N) is 1. The number of anilines is 1. The third-order valence-electron chi connectivity index (χ3n) is 2.20. The predicted octanol–water partition coefficient (Wildman–Crippen LogP) is 3.07. The minimum absolute atomic E-state index is 0.115. The number of hydrogen-bond donors (Lipinski definition) is 1. The molecule has 0 radical (unpaired) electrons. The van der Waals surface area contributed by atoms with Gasteiger partial charge in [-0.3, -0.25) is 0 Å². The van der Waals surface area contributed by atoms with Crippen LogP contribution in [0, 0.1) is 6.92 Å². The molecule has 0 aliphatic heterocycles. The zero-order chi connectivity index (χ0) is 11.5. The van der Waals surface area contributed by atoms with E-state index in [1.54, 1.807) is 17.5 Å². The maximum Gasteiger partial charge on any atom is 0.137 e. The van der Waals surface area contributed by atoms with Crippen LogP contribution < -0.4 is 5.32 Å². The second kappa shape index (κ2) is 4.76. The summed E-state index contributed by atoms with van der Waals surface area (Å²) in [5.74, 6) is 0.753. The Labute approximate surface area is 103 Å². The molecule has 1 N–H and O–H groups in total. The van der Waals surface area contributed by atoms with Gasteiger partial charge in [-0.05, 0) is 13.8 Å². The molecule has 4 nitrogen and oxygen atoms in total. The molecule has 6 heteroatoms. The average Bonchev–Trinajstić information content (AvgIpc) is 2.78. The Morgan fingerprint density at radius 2 is 2.19 bits per heavy atom. The van der Waals surface area contributed by atoms with Crippen LogP contribution in [0.25, 0.3) is 0 Å². The van der Waals surface area contributed by atoms with E-state index < -0.39 is 0 Å². The molecule has 84 valence electrons. The summed E-state index contributed by atoms with van der Waals surface area (Å²) in [6.07, 6.45) is 3.24. The summed E-state index contributed by atoms with van der Waals surface area (Å²) < 4.78 is 0. The van der Waals surface area contributed by atoms with Crippen molar-refractivity contribution < 1.29 is 0 Å². The molecule has 2 heterocycles. The number of rotatable bonds is 3. The second-order valence-corrected chi connectivity index (χ2v) is 4.66. The maximum absolute atomic E-state index is 5.92. The fraction of sp³-hybridized carbons (Fsp3) is 0.300. The summed E-state index contributed by atoms with van der Waals surface area (Å²) >= 11 is 7.53. The quantitative estimate of drug-likeness (QED) is 0.856. The van der Waals surface area contributed by atoms with E-state index in [1.807, 2.05) is 19.2 Å². The number of thiazole rings is 1. The summed E-state index contributed by atoms with van der Waals surface area (Å²) in [7, 11) is 0. The lowest BCUT2D eigenvalue weighted by molar-refractivity contribution is 0.855. The van der Waals surface area contributed by atoms with Crippen molar-refractivity contribution in [1.82, 2.24) is 15.0 Å². The van der Waals surface area contributed by atoms with Gasteiger partial charge in [-0.25, -0.2) is 15.0 Å². The monoisotopic (exact) mass is 254 g/mol. The van der Waals surface area contributed by atoms with Crippen LogP contribution in [0.3, 0.4) is 0 Å². The SMILES string of the molecule is Cc1c(Cl)ncnc1NC(C)c1nccs1. The lowest BCUT2D eigenvalue weighted by Gasteiger charge is -2.13. The third-order valence-corrected chi connectivity index (χ3v) is 3.54. The molecule has 2 aromatic heterocycles. The number of hydrogen-bond acceptors (Lipinski definition) is 5. The normalized spacial score (nSPS) is 12.4. The van der Waals surface area contributed by atoms with Gasteiger partial charge in [0.25, 0.3) is 0 Å². The summed E-state index contributed by atoms with van der Waals surface area (Å²) in [5.41, 5.74) is 0.854. The van der Waals surface area contributed by atoms with E-state index in [1.165, 1.54) is 6.33 Å². The molecule has 2 aromatic rings. The first-order chi connectivity index (χ1) is 7.68. The molecule has 0 bridgehead atoms. The van der Waals surface area contributed by atoms with Crippen LogP contribution in [0.15, 0.2) is 17.9 Å². The van der Waals surface area contributed by atoms with Gasteiger partial charge in [-0.2, -0.15) is 0 Å². The summed E-state index contributed by atoms with van der Waals surface area (Å²) in [6.45, 7) is 3.92. The Bertz CT molecular complexity index is 472. The van der Waals surface area contributed by atoms with E-state index in [0.717, 1.165) is 16.4 Å². The van der Waals surface area contributed by atoms with Crippen molar-refractivity contribution in [2.75, 3.05) is 5.32 Å². The van der Waals surface area contributed by atoms with Gasteiger partial charge in [0.05, 0.1) is 6.04 Å². The third kappa shape index (κ3) is 2.31. The standard InChI is InChI=1S/C10H11ClN4S/c1-6-8(11)13-5-14-9(6)15-7(2)10-12-3-4-16-10/h3-5,7H,1-2H3,(H,13,14,15). The van der Waals surface area contributed by atoms with Gasteiger partial charge in [-0.1, -0.05) is 11.6 Å². The Morgan fingerprint density at radius 3 is 2.88 bits per heavy atom. The van der Waals surface area contributed by atoms with Gasteiger partial charge in [0, 0.05) is 17.1 Å². The van der Waals surface area contributed by atoms with Crippen molar-refractivity contribution in [1.29, 1.82) is 0 Å². The van der Waals surface area contributed by atoms with Crippen LogP contribution in [0.1, 0.15) is 23.5 Å². The van der Waals surface area contributed by atoms with Crippen molar-refractivity contribution in [3.05, 3.63) is 33.6 Å². The summed E-state index contributed by atoms with van der Waals surface area (Å²) in [6, 6.07) is 0.115. The molecule has 1 atom stereocenters. The summed E-state index contributed by atoms with van der Waals surface area (Å²) in [4.78, 5) is 12.3. The Morgan fingerprint density at radius 1 is 1.38 bits per heavy atom. The molecule has 0 aliphatic rings. The first-order valence-corrected chi connectivity index (χ1v) is 6.07. The van der Waals surface area contributed by atoms with Gasteiger partial charge in [0.2, 0.25) is 0 Å². The molecule has 0 fully saturated rings. The van der Waals surface area contributed by atoms with Crippen LogP contribution in [0.2, 0.25) is 5.15 Å². The highest BCUT2D eigenvalue weighted by Gasteiger charge is 2.11. The Kier molecular flexibility index (Phi) is 3.36. The molecule has 0 saturated carbocycles. The maximum atomic E-state index is 5.92. The first kappa shape index (κ1) is 11.3. The van der Waals surface area contributed by atoms with Gasteiger partial charge in [-0.15, -0.1) is 11.3 Å². The molecule has 16 heavy (non-hydrogen) atoms. The van der Waals surface area contributed by atoms with Crippen molar-refractivity contribution in [3.63, 3.8) is 0 Å². The Balaban J connectivity index is 2.18. The number of nitrogens with zero attached hydrogens (tertiary/aromatic N) is 3. The molecule has 0 aliphatic carbocycles. The van der Waals surface area contributed by atoms with Crippen molar-refractivity contribution in [3.8, 4) is 0 Å². The molecular formula is C10H11ClN4S. The van der Waals surface area contributed by atoms with Gasteiger partial charge in [0.15, 0.2) is 0 Å². The number of aromatic nitrogens is 3. The topological polar surface area (TPSA) is 50.7 Å². The van der Waals surface area contributed by atoms with E-state index in [2.05, 4.69) is 20.3 Å². The van der Waals surface area contributed by atoms with E-state index >= 15 is 0 Å². The minimum Gasteiger partial charge on any atom is -0.361 e. The molecule has 0 aromatic carbocycles. The lowest BCUT2D eigenvalue weighted by atomic mass is 10.3.